The van der Waals surface area contributed by atoms with Crippen molar-refractivity contribution in [3.8, 4) is 0 Å². The van der Waals surface area contributed by atoms with E-state index >= 15 is 0 Å². The number of rotatable bonds is 8. The second-order valence-corrected chi connectivity index (χ2v) is 6.59. The number of furan rings is 1. The molecule has 0 radical (unpaired) electrons. The van der Waals surface area contributed by atoms with Crippen molar-refractivity contribution in [2.45, 2.75) is 26.7 Å². The minimum Gasteiger partial charge on any atom is -0.464 e. The zero-order valence-electron chi connectivity index (χ0n) is 15.8. The molecular weight excluding hydrogens is 366 g/mol. The van der Waals surface area contributed by atoms with Gasteiger partial charge in [-0.05, 0) is 55.3 Å². The van der Waals surface area contributed by atoms with Gasteiger partial charge < -0.3 is 14.1 Å². The summed E-state index contributed by atoms with van der Waals surface area (Å²) in [6.07, 6.45) is 2.79. The molecule has 5 nitrogen and oxygen atoms in total. The van der Waals surface area contributed by atoms with Gasteiger partial charge in [-0.25, -0.2) is 0 Å². The molecule has 1 aliphatic rings. The summed E-state index contributed by atoms with van der Waals surface area (Å²) >= 11 is 0. The molecule has 6 heteroatoms. The number of nitrogens with zero attached hydrogens (tertiary/aromatic N) is 1. The second kappa shape index (κ2) is 9.72. The van der Waals surface area contributed by atoms with Crippen molar-refractivity contribution in [2.24, 2.45) is 5.92 Å². The third-order valence-electron chi connectivity index (χ3n) is 5.03. The highest BCUT2D eigenvalue weighted by Gasteiger charge is 2.29. The highest BCUT2D eigenvalue weighted by Crippen LogP contribution is 2.29. The van der Waals surface area contributed by atoms with Gasteiger partial charge in [0.1, 0.15) is 6.61 Å². The number of hydrogen-bond donors (Lipinski definition) is 0. The van der Waals surface area contributed by atoms with Crippen molar-refractivity contribution in [3.05, 3.63) is 59.0 Å². The lowest BCUT2D eigenvalue weighted by Gasteiger charge is -2.18. The molecule has 0 saturated carbocycles. The molecule has 146 valence electrons. The van der Waals surface area contributed by atoms with Crippen LogP contribution in [0.3, 0.4) is 0 Å². The first-order chi connectivity index (χ1) is 12.6. The highest BCUT2D eigenvalue weighted by atomic mass is 35.5. The van der Waals surface area contributed by atoms with E-state index in [2.05, 4.69) is 18.7 Å². The van der Waals surface area contributed by atoms with E-state index in [1.807, 2.05) is 12.1 Å². The number of esters is 1. The molecule has 0 amide bonds. The summed E-state index contributed by atoms with van der Waals surface area (Å²) in [5.74, 6) is -0.110. The Morgan fingerprint density at radius 2 is 1.89 bits per heavy atom. The first-order valence-corrected chi connectivity index (χ1v) is 9.21. The van der Waals surface area contributed by atoms with E-state index in [1.54, 1.807) is 18.2 Å². The van der Waals surface area contributed by atoms with Gasteiger partial charge in [0.2, 0.25) is 5.78 Å². The summed E-state index contributed by atoms with van der Waals surface area (Å²) < 4.78 is 10.6. The van der Waals surface area contributed by atoms with Gasteiger partial charge in [-0.2, -0.15) is 0 Å². The van der Waals surface area contributed by atoms with Gasteiger partial charge in [-0.3, -0.25) is 9.59 Å². The summed E-state index contributed by atoms with van der Waals surface area (Å²) in [6, 6.07) is 8.98. The summed E-state index contributed by atoms with van der Waals surface area (Å²) in [6.45, 7) is 7.29. The predicted octanol–water partition coefficient (Wildman–Crippen LogP) is 3.53. The Balaban J connectivity index is 0.00000261. The predicted molar refractivity (Wildman–Crippen MR) is 105 cm³/mol. The summed E-state index contributed by atoms with van der Waals surface area (Å²) in [4.78, 5) is 27.0. The molecule has 1 aromatic carbocycles. The Bertz CT molecular complexity index is 768. The molecule has 3 rings (SSSR count). The molecule has 1 aliphatic carbocycles. The van der Waals surface area contributed by atoms with E-state index < -0.39 is 0 Å². The molecule has 27 heavy (non-hydrogen) atoms. The van der Waals surface area contributed by atoms with Gasteiger partial charge in [0.05, 0.1) is 12.2 Å². The van der Waals surface area contributed by atoms with Crippen LogP contribution in [0.15, 0.2) is 41.0 Å². The number of ketones is 1. The average Bonchev–Trinajstić information content (AvgIpc) is 3.33. The molecule has 1 heterocycles. The number of carbonyl (C=O) groups excluding carboxylic acids is 2. The summed E-state index contributed by atoms with van der Waals surface area (Å²) in [7, 11) is 0. The van der Waals surface area contributed by atoms with Crippen LogP contribution >= 0.6 is 12.4 Å². The molecule has 0 N–H and O–H groups in total. The number of carbonyl (C=O) groups is 2. The van der Waals surface area contributed by atoms with Gasteiger partial charge in [-0.15, -0.1) is 12.4 Å². The minimum atomic E-state index is -0.157. The van der Waals surface area contributed by atoms with Gasteiger partial charge in [-0.1, -0.05) is 26.0 Å². The van der Waals surface area contributed by atoms with Crippen LogP contribution in [0.2, 0.25) is 0 Å². The smallest absolute Gasteiger partial charge is 0.309 e. The van der Waals surface area contributed by atoms with Crippen LogP contribution in [0.4, 0.5) is 0 Å². The Morgan fingerprint density at radius 3 is 2.56 bits per heavy atom. The zero-order valence-corrected chi connectivity index (χ0v) is 16.6. The fourth-order valence-corrected chi connectivity index (χ4v) is 3.41. The van der Waals surface area contributed by atoms with E-state index in [-0.39, 0.29) is 30.1 Å². The lowest BCUT2D eigenvalue weighted by molar-refractivity contribution is -0.148. The van der Waals surface area contributed by atoms with Gasteiger partial charge in [0.25, 0.3) is 0 Å². The lowest BCUT2D eigenvalue weighted by atomic mass is 10.0. The molecule has 0 bridgehead atoms. The maximum atomic E-state index is 12.4. The quantitative estimate of drug-likeness (QED) is 0.509. The standard InChI is InChI=1S/C21H25NO4.ClH/c1-3-22(4-2)9-11-26-21(24)18-12-15-7-8-16(13-17(15)14-18)20(23)19-6-5-10-25-19;/h5-8,10,13,18H,3-4,9,11-12,14H2,1-2H3;1H. The minimum absolute atomic E-state index is 0. The Hall–Kier alpha value is -2.11. The van der Waals surface area contributed by atoms with Crippen molar-refractivity contribution in [1.82, 2.24) is 4.90 Å². The normalized spacial score (nSPS) is 15.3. The van der Waals surface area contributed by atoms with Crippen LogP contribution < -0.4 is 0 Å². The van der Waals surface area contributed by atoms with Crippen molar-refractivity contribution < 1.29 is 18.7 Å². The summed E-state index contributed by atoms with van der Waals surface area (Å²) in [5.41, 5.74) is 2.76. The molecule has 1 aromatic heterocycles. The number of hydrogen-bond acceptors (Lipinski definition) is 5. The van der Waals surface area contributed by atoms with Crippen LogP contribution in [0.1, 0.15) is 41.1 Å². The molecule has 1 atom stereocenters. The third-order valence-corrected chi connectivity index (χ3v) is 5.03. The maximum Gasteiger partial charge on any atom is 0.309 e. The first-order valence-electron chi connectivity index (χ1n) is 9.21. The van der Waals surface area contributed by atoms with Crippen molar-refractivity contribution in [3.63, 3.8) is 0 Å². The zero-order chi connectivity index (χ0) is 18.5. The molecule has 0 aliphatic heterocycles. The van der Waals surface area contributed by atoms with Crippen LogP contribution in [0.25, 0.3) is 0 Å². The van der Waals surface area contributed by atoms with Crippen molar-refractivity contribution in [2.75, 3.05) is 26.2 Å². The van der Waals surface area contributed by atoms with Crippen LogP contribution in [-0.4, -0.2) is 42.9 Å². The topological polar surface area (TPSA) is 59.8 Å². The number of ether oxygens (including phenoxy) is 1. The molecule has 2 aromatic rings. The molecule has 0 saturated heterocycles. The number of halogens is 1. The van der Waals surface area contributed by atoms with Gasteiger partial charge >= 0.3 is 5.97 Å². The van der Waals surface area contributed by atoms with Crippen molar-refractivity contribution >= 4 is 24.2 Å². The Kier molecular flexibility index (Phi) is 7.63. The second-order valence-electron chi connectivity index (χ2n) is 6.59. The average molecular weight is 392 g/mol. The van der Waals surface area contributed by atoms with E-state index in [0.717, 1.165) is 30.8 Å². The lowest BCUT2D eigenvalue weighted by Crippen LogP contribution is -2.29. The van der Waals surface area contributed by atoms with Crippen molar-refractivity contribution in [1.29, 1.82) is 0 Å². The van der Waals surface area contributed by atoms with Gasteiger partial charge in [0.15, 0.2) is 5.76 Å². The highest BCUT2D eigenvalue weighted by molar-refractivity contribution is 6.07. The van der Waals surface area contributed by atoms with E-state index in [1.165, 1.54) is 6.26 Å². The number of likely N-dealkylation sites (N-methyl/N-ethyl adjacent to an activating group) is 1. The van der Waals surface area contributed by atoms with Crippen LogP contribution in [0, 0.1) is 5.92 Å². The number of benzene rings is 1. The van der Waals surface area contributed by atoms with Gasteiger partial charge in [0, 0.05) is 12.1 Å². The van der Waals surface area contributed by atoms with Crippen LogP contribution in [-0.2, 0) is 22.4 Å². The fourth-order valence-electron chi connectivity index (χ4n) is 3.41. The molecular formula is C21H26ClNO4. The summed E-state index contributed by atoms with van der Waals surface area (Å²) in [5, 5.41) is 0. The molecule has 0 spiro atoms. The number of fused-ring (bicyclic) bond motifs is 1. The van der Waals surface area contributed by atoms with Crippen LogP contribution in [0.5, 0.6) is 0 Å². The Morgan fingerprint density at radius 1 is 1.15 bits per heavy atom. The molecule has 1 unspecified atom stereocenters. The SMILES string of the molecule is CCN(CC)CCOC(=O)C1Cc2ccc(C(=O)c3ccco3)cc2C1.Cl. The Labute approximate surface area is 166 Å². The molecule has 0 fully saturated rings. The van der Waals surface area contributed by atoms with E-state index in [9.17, 15) is 9.59 Å². The first kappa shape index (κ1) is 21.2. The third kappa shape index (κ3) is 4.99. The largest absolute Gasteiger partial charge is 0.464 e. The monoisotopic (exact) mass is 391 g/mol. The van der Waals surface area contributed by atoms with E-state index in [4.69, 9.17) is 9.15 Å². The van der Waals surface area contributed by atoms with E-state index in [0.29, 0.717) is 30.8 Å². The maximum absolute atomic E-state index is 12.4. The fraction of sp³-hybridized carbons (Fsp3) is 0.429.